The van der Waals surface area contributed by atoms with Crippen molar-refractivity contribution in [3.63, 3.8) is 0 Å². The Morgan fingerprint density at radius 1 is 1.36 bits per heavy atom. The van der Waals surface area contributed by atoms with Crippen molar-refractivity contribution in [3.8, 4) is 10.6 Å². The predicted octanol–water partition coefficient (Wildman–Crippen LogP) is 2.74. The van der Waals surface area contributed by atoms with Crippen LogP contribution in [0, 0.1) is 6.92 Å². The summed E-state index contributed by atoms with van der Waals surface area (Å²) < 4.78 is 0. The predicted molar refractivity (Wildman–Crippen MR) is 99.4 cm³/mol. The van der Waals surface area contributed by atoms with Crippen LogP contribution in [0.4, 0.5) is 0 Å². The summed E-state index contributed by atoms with van der Waals surface area (Å²) in [6.45, 7) is 2.70. The zero-order valence-corrected chi connectivity index (χ0v) is 15.7. The fourth-order valence-corrected chi connectivity index (χ4v) is 3.99. The molecule has 0 bridgehead atoms. The maximum Gasteiger partial charge on any atom is 0.244 e. The molecular formula is C19H23N3O2S. The maximum atomic E-state index is 12.7. The lowest BCUT2D eigenvalue weighted by Crippen LogP contribution is -2.46. The van der Waals surface area contributed by atoms with Gasteiger partial charge in [0.2, 0.25) is 11.8 Å². The Labute approximate surface area is 152 Å². The number of carbonyl (C=O) groups excluding carboxylic acids is 2. The molecule has 25 heavy (non-hydrogen) atoms. The van der Waals surface area contributed by atoms with Crippen LogP contribution in [-0.4, -0.2) is 53.3 Å². The Kier molecular flexibility index (Phi) is 5.18. The van der Waals surface area contributed by atoms with Gasteiger partial charge in [-0.05, 0) is 25.8 Å². The van der Waals surface area contributed by atoms with Gasteiger partial charge in [0.1, 0.15) is 11.0 Å². The number of likely N-dealkylation sites (tertiary alicyclic amines) is 1. The number of likely N-dealkylation sites (N-methyl/N-ethyl adjacent to an activating group) is 1. The first kappa shape index (κ1) is 17.6. The summed E-state index contributed by atoms with van der Waals surface area (Å²) in [4.78, 5) is 32.8. The minimum absolute atomic E-state index is 0.00424. The van der Waals surface area contributed by atoms with Gasteiger partial charge in [-0.25, -0.2) is 4.98 Å². The highest BCUT2D eigenvalue weighted by atomic mass is 32.1. The minimum Gasteiger partial charge on any atom is -0.347 e. The fraction of sp³-hybridized carbons (Fsp3) is 0.421. The summed E-state index contributed by atoms with van der Waals surface area (Å²) in [6, 6.07) is 7.87. The molecule has 1 aromatic heterocycles. The standard InChI is InChI=1S/C19H23N3O2S/c1-13-6-4-7-14(10-13)18-20-15(12-25-18)11-17(23)22-9-5-8-16(22)19(24)21(2)3/h4,6-7,10,12,16H,5,8-9,11H2,1-3H3. The molecule has 1 saturated heterocycles. The van der Waals surface area contributed by atoms with Crippen LogP contribution in [0.15, 0.2) is 29.6 Å². The number of carbonyl (C=O) groups is 2. The van der Waals surface area contributed by atoms with Crippen LogP contribution < -0.4 is 0 Å². The molecule has 1 aromatic carbocycles. The molecule has 2 heterocycles. The second kappa shape index (κ2) is 7.35. The molecule has 1 aliphatic rings. The summed E-state index contributed by atoms with van der Waals surface area (Å²) >= 11 is 1.55. The van der Waals surface area contributed by atoms with Crippen molar-refractivity contribution in [2.24, 2.45) is 0 Å². The normalized spacial score (nSPS) is 16.9. The highest BCUT2D eigenvalue weighted by molar-refractivity contribution is 7.13. The summed E-state index contributed by atoms with van der Waals surface area (Å²) in [7, 11) is 3.47. The van der Waals surface area contributed by atoms with Gasteiger partial charge < -0.3 is 9.80 Å². The summed E-state index contributed by atoms with van der Waals surface area (Å²) in [5.41, 5.74) is 3.03. The number of thiazole rings is 1. The number of rotatable bonds is 4. The molecule has 3 rings (SSSR count). The van der Waals surface area contributed by atoms with E-state index >= 15 is 0 Å². The highest BCUT2D eigenvalue weighted by Gasteiger charge is 2.34. The van der Waals surface area contributed by atoms with Gasteiger partial charge in [0.15, 0.2) is 0 Å². The van der Waals surface area contributed by atoms with Crippen molar-refractivity contribution in [2.45, 2.75) is 32.2 Å². The van der Waals surface area contributed by atoms with Crippen LogP contribution in [0.2, 0.25) is 0 Å². The molecule has 132 valence electrons. The third-order valence-electron chi connectivity index (χ3n) is 4.45. The van der Waals surface area contributed by atoms with Crippen LogP contribution in [0.3, 0.4) is 0 Å². The smallest absolute Gasteiger partial charge is 0.244 e. The maximum absolute atomic E-state index is 12.7. The quantitative estimate of drug-likeness (QED) is 0.845. The van der Waals surface area contributed by atoms with E-state index in [9.17, 15) is 9.59 Å². The van der Waals surface area contributed by atoms with Gasteiger partial charge in [-0.15, -0.1) is 11.3 Å². The molecule has 2 aromatic rings. The van der Waals surface area contributed by atoms with E-state index < -0.39 is 0 Å². The van der Waals surface area contributed by atoms with Crippen LogP contribution in [0.5, 0.6) is 0 Å². The zero-order chi connectivity index (χ0) is 18.0. The van der Waals surface area contributed by atoms with Gasteiger partial charge in [-0.1, -0.05) is 23.8 Å². The molecule has 1 fully saturated rings. The van der Waals surface area contributed by atoms with E-state index in [4.69, 9.17) is 0 Å². The Balaban J connectivity index is 1.70. The van der Waals surface area contributed by atoms with Gasteiger partial charge in [0.05, 0.1) is 12.1 Å². The van der Waals surface area contributed by atoms with Crippen LogP contribution in [0.25, 0.3) is 10.6 Å². The Morgan fingerprint density at radius 2 is 2.16 bits per heavy atom. The molecule has 1 atom stereocenters. The molecule has 1 unspecified atom stereocenters. The van der Waals surface area contributed by atoms with E-state index in [1.54, 1.807) is 35.2 Å². The first-order chi connectivity index (χ1) is 12.0. The number of amides is 2. The summed E-state index contributed by atoms with van der Waals surface area (Å²) in [6.07, 6.45) is 1.87. The molecule has 0 saturated carbocycles. The number of aromatic nitrogens is 1. The van der Waals surface area contributed by atoms with Crippen LogP contribution in [0.1, 0.15) is 24.1 Å². The van der Waals surface area contributed by atoms with Crippen molar-refractivity contribution >= 4 is 23.2 Å². The number of aryl methyl sites for hydroxylation is 1. The van der Waals surface area contributed by atoms with Gasteiger partial charge in [-0.2, -0.15) is 0 Å². The van der Waals surface area contributed by atoms with Gasteiger partial charge >= 0.3 is 0 Å². The largest absolute Gasteiger partial charge is 0.347 e. The topological polar surface area (TPSA) is 53.5 Å². The molecule has 6 heteroatoms. The Bertz CT molecular complexity index is 784. The second-order valence-electron chi connectivity index (χ2n) is 6.67. The molecule has 0 spiro atoms. The monoisotopic (exact) mass is 357 g/mol. The fourth-order valence-electron chi connectivity index (χ4n) is 3.18. The zero-order valence-electron chi connectivity index (χ0n) is 14.9. The molecule has 1 aliphatic heterocycles. The first-order valence-corrected chi connectivity index (χ1v) is 9.36. The van der Waals surface area contributed by atoms with E-state index in [1.165, 1.54) is 5.56 Å². The van der Waals surface area contributed by atoms with E-state index in [2.05, 4.69) is 24.0 Å². The van der Waals surface area contributed by atoms with Crippen LogP contribution >= 0.6 is 11.3 Å². The molecule has 5 nitrogen and oxygen atoms in total. The van der Waals surface area contributed by atoms with Crippen molar-refractivity contribution in [1.29, 1.82) is 0 Å². The van der Waals surface area contributed by atoms with Crippen LogP contribution in [-0.2, 0) is 16.0 Å². The Morgan fingerprint density at radius 3 is 2.88 bits per heavy atom. The second-order valence-corrected chi connectivity index (χ2v) is 7.53. The average Bonchev–Trinajstić information content (AvgIpc) is 3.23. The highest BCUT2D eigenvalue weighted by Crippen LogP contribution is 2.26. The number of benzene rings is 1. The summed E-state index contributed by atoms with van der Waals surface area (Å²) in [5, 5.41) is 2.86. The minimum atomic E-state index is -0.322. The summed E-state index contributed by atoms with van der Waals surface area (Å²) in [5.74, 6) is -0.0108. The third kappa shape index (κ3) is 3.90. The van der Waals surface area contributed by atoms with Gasteiger partial charge in [0, 0.05) is 31.6 Å². The van der Waals surface area contributed by atoms with E-state index in [-0.39, 0.29) is 24.3 Å². The average molecular weight is 357 g/mol. The van der Waals surface area contributed by atoms with Gasteiger partial charge in [-0.3, -0.25) is 9.59 Å². The molecule has 0 N–H and O–H groups in total. The lowest BCUT2D eigenvalue weighted by atomic mass is 10.1. The molecule has 2 amide bonds. The first-order valence-electron chi connectivity index (χ1n) is 8.48. The van der Waals surface area contributed by atoms with E-state index in [1.807, 2.05) is 17.5 Å². The molecule has 0 radical (unpaired) electrons. The molecular weight excluding hydrogens is 334 g/mol. The number of hydrogen-bond acceptors (Lipinski definition) is 4. The lowest BCUT2D eigenvalue weighted by Gasteiger charge is -2.26. The number of nitrogens with zero attached hydrogens (tertiary/aromatic N) is 3. The SMILES string of the molecule is Cc1cccc(-c2nc(CC(=O)N3CCCC3C(=O)N(C)C)cs2)c1. The van der Waals surface area contributed by atoms with Gasteiger partial charge in [0.25, 0.3) is 0 Å². The van der Waals surface area contributed by atoms with Crippen molar-refractivity contribution in [2.75, 3.05) is 20.6 Å². The van der Waals surface area contributed by atoms with E-state index in [0.717, 1.165) is 29.1 Å². The lowest BCUT2D eigenvalue weighted by molar-refractivity contribution is -0.141. The Hall–Kier alpha value is -2.21. The third-order valence-corrected chi connectivity index (χ3v) is 5.39. The molecule has 0 aliphatic carbocycles. The van der Waals surface area contributed by atoms with Crippen molar-refractivity contribution in [1.82, 2.24) is 14.8 Å². The van der Waals surface area contributed by atoms with E-state index in [0.29, 0.717) is 6.54 Å². The van der Waals surface area contributed by atoms with Crippen molar-refractivity contribution < 1.29 is 9.59 Å². The number of hydrogen-bond donors (Lipinski definition) is 0. The van der Waals surface area contributed by atoms with Crippen molar-refractivity contribution in [3.05, 3.63) is 40.9 Å².